The normalized spacial score (nSPS) is 18.4. The summed E-state index contributed by atoms with van der Waals surface area (Å²) in [4.78, 5) is 35.9. The van der Waals surface area contributed by atoms with Crippen LogP contribution in [0.4, 0.5) is 5.00 Å². The van der Waals surface area contributed by atoms with Crippen molar-refractivity contribution in [2.24, 2.45) is 0 Å². The number of nitrogens with one attached hydrogen (secondary N) is 1. The number of hydrogen-bond donors (Lipinski definition) is 2. The molecular formula is C11H12N2O4S2. The molecule has 6 nitrogen and oxygen atoms in total. The number of carbonyl (C=O) groups excluding carboxylic acids is 2. The van der Waals surface area contributed by atoms with E-state index in [4.69, 9.17) is 5.11 Å². The van der Waals surface area contributed by atoms with Crippen LogP contribution >= 0.6 is 23.1 Å². The minimum atomic E-state index is -0.989. The highest BCUT2D eigenvalue weighted by Gasteiger charge is 2.35. The zero-order valence-corrected chi connectivity index (χ0v) is 11.7. The quantitative estimate of drug-likeness (QED) is 0.879. The molecule has 0 aliphatic carbocycles. The number of carboxylic acid groups (broad SMARTS) is 1. The van der Waals surface area contributed by atoms with Crippen LogP contribution in [0.3, 0.4) is 0 Å². The zero-order valence-electron chi connectivity index (χ0n) is 10.1. The number of carbonyl (C=O) groups is 3. The Kier molecular flexibility index (Phi) is 4.11. The van der Waals surface area contributed by atoms with Crippen molar-refractivity contribution in [2.75, 3.05) is 16.9 Å². The van der Waals surface area contributed by atoms with Crippen molar-refractivity contribution in [3.8, 4) is 0 Å². The molecule has 2 N–H and O–H groups in total. The number of carboxylic acids is 1. The minimum Gasteiger partial charge on any atom is -0.480 e. The maximum Gasteiger partial charge on any atom is 0.327 e. The lowest BCUT2D eigenvalue weighted by molar-refractivity contribution is -0.140. The highest BCUT2D eigenvalue weighted by molar-refractivity contribution is 7.99. The van der Waals surface area contributed by atoms with Crippen LogP contribution in [0.5, 0.6) is 0 Å². The summed E-state index contributed by atoms with van der Waals surface area (Å²) >= 11 is 2.56. The fourth-order valence-electron chi connectivity index (χ4n) is 1.68. The van der Waals surface area contributed by atoms with Crippen LogP contribution < -0.4 is 5.32 Å². The predicted molar refractivity (Wildman–Crippen MR) is 73.5 cm³/mol. The van der Waals surface area contributed by atoms with E-state index in [9.17, 15) is 14.4 Å². The second-order valence-electron chi connectivity index (χ2n) is 3.97. The van der Waals surface area contributed by atoms with E-state index in [1.807, 2.05) is 0 Å². The van der Waals surface area contributed by atoms with Gasteiger partial charge in [-0.3, -0.25) is 9.59 Å². The first kappa shape index (κ1) is 13.9. The van der Waals surface area contributed by atoms with Crippen molar-refractivity contribution in [2.45, 2.75) is 13.0 Å². The van der Waals surface area contributed by atoms with Crippen molar-refractivity contribution < 1.29 is 19.5 Å². The molecule has 8 heteroatoms. The van der Waals surface area contributed by atoms with Gasteiger partial charge in [-0.2, -0.15) is 0 Å². The van der Waals surface area contributed by atoms with Gasteiger partial charge >= 0.3 is 5.97 Å². The summed E-state index contributed by atoms with van der Waals surface area (Å²) in [5.41, 5.74) is 0. The zero-order chi connectivity index (χ0) is 14.0. The maximum absolute atomic E-state index is 12.2. The number of rotatable bonds is 3. The molecule has 0 spiro atoms. The molecule has 1 aliphatic heterocycles. The first-order chi connectivity index (χ1) is 8.99. The summed E-state index contributed by atoms with van der Waals surface area (Å²) in [5.74, 6) is -0.717. The van der Waals surface area contributed by atoms with Gasteiger partial charge < -0.3 is 15.3 Å². The molecular weight excluding hydrogens is 288 g/mol. The first-order valence-corrected chi connectivity index (χ1v) is 7.45. The first-order valence-electron chi connectivity index (χ1n) is 5.48. The SMILES string of the molecule is CC(=O)Nc1ccc(C(=O)N2CSC[C@H]2C(=O)O)s1. The largest absolute Gasteiger partial charge is 0.480 e. The van der Waals surface area contributed by atoms with E-state index in [2.05, 4.69) is 5.32 Å². The average molecular weight is 300 g/mol. The van der Waals surface area contributed by atoms with Crippen LogP contribution in [-0.2, 0) is 9.59 Å². The Morgan fingerprint density at radius 2 is 2.16 bits per heavy atom. The van der Waals surface area contributed by atoms with Crippen molar-refractivity contribution in [3.05, 3.63) is 17.0 Å². The molecule has 1 fully saturated rings. The Labute approximate surface area is 117 Å². The summed E-state index contributed by atoms with van der Waals surface area (Å²) in [6.45, 7) is 1.39. The van der Waals surface area contributed by atoms with Gasteiger partial charge in [-0.25, -0.2) is 4.79 Å². The number of aliphatic carboxylic acids is 1. The fraction of sp³-hybridized carbons (Fsp3) is 0.364. The second-order valence-corrected chi connectivity index (χ2v) is 6.06. The van der Waals surface area contributed by atoms with E-state index in [-0.39, 0.29) is 11.8 Å². The Bertz CT molecular complexity index is 529. The maximum atomic E-state index is 12.2. The van der Waals surface area contributed by atoms with Crippen molar-refractivity contribution in [3.63, 3.8) is 0 Å². The van der Waals surface area contributed by atoms with Gasteiger partial charge in [0.05, 0.1) is 15.8 Å². The lowest BCUT2D eigenvalue weighted by Gasteiger charge is -2.19. The molecule has 2 amide bonds. The van der Waals surface area contributed by atoms with E-state index in [0.29, 0.717) is 21.5 Å². The number of amides is 2. The topological polar surface area (TPSA) is 86.7 Å². The third-order valence-corrected chi connectivity index (χ3v) is 4.55. The number of anilines is 1. The standard InChI is InChI=1S/C11H12N2O4S2/c1-6(14)12-9-3-2-8(19-9)10(15)13-5-18-4-7(13)11(16)17/h2-3,7H,4-5H2,1H3,(H,12,14)(H,16,17)/t7-/m0/s1. The predicted octanol–water partition coefficient (Wildman–Crippen LogP) is 1.31. The molecule has 2 rings (SSSR count). The fourth-order valence-corrected chi connectivity index (χ4v) is 3.74. The van der Waals surface area contributed by atoms with Gasteiger partial charge in [0.15, 0.2) is 0 Å². The van der Waals surface area contributed by atoms with Crippen molar-refractivity contribution in [1.82, 2.24) is 4.90 Å². The molecule has 1 aromatic rings. The summed E-state index contributed by atoms with van der Waals surface area (Å²) in [6.07, 6.45) is 0. The van der Waals surface area contributed by atoms with E-state index in [0.717, 1.165) is 11.3 Å². The van der Waals surface area contributed by atoms with E-state index in [1.165, 1.54) is 23.6 Å². The van der Waals surface area contributed by atoms with Crippen molar-refractivity contribution in [1.29, 1.82) is 0 Å². The number of hydrogen-bond acceptors (Lipinski definition) is 5. The summed E-state index contributed by atoms with van der Waals surface area (Å²) in [7, 11) is 0. The van der Waals surface area contributed by atoms with Gasteiger partial charge in [-0.15, -0.1) is 23.1 Å². The number of thiophene rings is 1. The van der Waals surface area contributed by atoms with Gasteiger partial charge in [0.1, 0.15) is 6.04 Å². The van der Waals surface area contributed by atoms with Gasteiger partial charge in [0.2, 0.25) is 5.91 Å². The smallest absolute Gasteiger partial charge is 0.327 e. The molecule has 19 heavy (non-hydrogen) atoms. The second kappa shape index (κ2) is 5.62. The average Bonchev–Trinajstić information content (AvgIpc) is 2.94. The van der Waals surface area contributed by atoms with Crippen LogP contribution in [0, 0.1) is 0 Å². The molecule has 0 radical (unpaired) electrons. The highest BCUT2D eigenvalue weighted by atomic mass is 32.2. The van der Waals surface area contributed by atoms with Crippen LogP contribution in [0.1, 0.15) is 16.6 Å². The van der Waals surface area contributed by atoms with Crippen LogP contribution in [0.2, 0.25) is 0 Å². The Morgan fingerprint density at radius 1 is 1.42 bits per heavy atom. The summed E-state index contributed by atoms with van der Waals surface area (Å²) < 4.78 is 0. The van der Waals surface area contributed by atoms with Gasteiger partial charge in [0, 0.05) is 12.7 Å². The highest BCUT2D eigenvalue weighted by Crippen LogP contribution is 2.28. The lowest BCUT2D eigenvalue weighted by Crippen LogP contribution is -2.41. The molecule has 0 bridgehead atoms. The van der Waals surface area contributed by atoms with Crippen LogP contribution in [0.25, 0.3) is 0 Å². The lowest BCUT2D eigenvalue weighted by atomic mass is 10.3. The monoisotopic (exact) mass is 300 g/mol. The van der Waals surface area contributed by atoms with Crippen molar-refractivity contribution >= 4 is 45.9 Å². The molecule has 1 aliphatic rings. The number of nitrogens with zero attached hydrogens (tertiary/aromatic N) is 1. The Balaban J connectivity index is 2.13. The third-order valence-electron chi connectivity index (χ3n) is 2.54. The molecule has 0 unspecified atom stereocenters. The minimum absolute atomic E-state index is 0.207. The third kappa shape index (κ3) is 3.07. The molecule has 1 atom stereocenters. The molecule has 2 heterocycles. The van der Waals surface area contributed by atoms with Gasteiger partial charge in [-0.1, -0.05) is 0 Å². The van der Waals surface area contributed by atoms with Gasteiger partial charge in [-0.05, 0) is 12.1 Å². The molecule has 102 valence electrons. The van der Waals surface area contributed by atoms with Gasteiger partial charge in [0.25, 0.3) is 5.91 Å². The molecule has 0 saturated carbocycles. The molecule has 1 saturated heterocycles. The molecule has 1 aromatic heterocycles. The summed E-state index contributed by atoms with van der Waals surface area (Å²) in [6, 6.07) is 2.46. The number of thioether (sulfide) groups is 1. The van der Waals surface area contributed by atoms with Crippen LogP contribution in [0.15, 0.2) is 12.1 Å². The summed E-state index contributed by atoms with van der Waals surface area (Å²) in [5, 5.41) is 12.2. The van der Waals surface area contributed by atoms with E-state index >= 15 is 0 Å². The van der Waals surface area contributed by atoms with E-state index in [1.54, 1.807) is 12.1 Å². The molecule has 0 aromatic carbocycles. The van der Waals surface area contributed by atoms with Crippen LogP contribution in [-0.4, -0.2) is 45.5 Å². The Hall–Kier alpha value is -1.54. The van der Waals surface area contributed by atoms with E-state index < -0.39 is 12.0 Å². The Morgan fingerprint density at radius 3 is 2.79 bits per heavy atom.